The SMILES string of the molecule is C#Cc1ccc([C@@H](C)NC(=O)[C@@H]2C[C@@H](O)CN2C(=O)C(c2cc(N3CCC(CN4CCC(N5CCC(N6CCN7c8cc(-c9ccccc9O)nnc8NC[C@H]7C6)CC5)CC4)CC3)no2)C(C)C)c(Cl)c1. The highest BCUT2D eigenvalue weighted by atomic mass is 35.5. The summed E-state index contributed by atoms with van der Waals surface area (Å²) in [6.45, 7) is 17.3. The first-order chi connectivity index (χ1) is 34.4. The van der Waals surface area contributed by atoms with Gasteiger partial charge in [-0.05, 0) is 119 Å². The number of piperazine rings is 1. The molecule has 0 radical (unpaired) electrons. The molecular formula is C54H70ClN11O5. The maximum Gasteiger partial charge on any atom is 0.243 e. The zero-order chi connectivity index (χ0) is 49.3. The number of piperidine rings is 3. The Kier molecular flexibility index (Phi) is 14.8. The van der Waals surface area contributed by atoms with Crippen LogP contribution in [0.15, 0.2) is 59.1 Å². The number of aliphatic hydroxyl groups excluding tert-OH is 1. The molecule has 16 nitrogen and oxygen atoms in total. The molecular weight excluding hydrogens is 918 g/mol. The van der Waals surface area contributed by atoms with Crippen LogP contribution in [0.4, 0.5) is 17.3 Å². The van der Waals surface area contributed by atoms with Crippen molar-refractivity contribution in [1.82, 2.24) is 40.3 Å². The number of hydrogen-bond donors (Lipinski definition) is 4. The molecule has 10 rings (SSSR count). The van der Waals surface area contributed by atoms with Crippen LogP contribution in [0.25, 0.3) is 11.3 Å². The Balaban J connectivity index is 0.657. The van der Waals surface area contributed by atoms with E-state index in [1.165, 1.54) is 43.7 Å². The second-order valence-corrected chi connectivity index (χ2v) is 21.7. The average molecular weight is 989 g/mol. The number of carbonyl (C=O) groups excluding carboxylic acids is 2. The second-order valence-electron chi connectivity index (χ2n) is 21.2. The number of β-amino-alcohol motifs (C(OH)–C–C–N with tert-alkyl or cyclic N) is 1. The third-order valence-corrected chi connectivity index (χ3v) is 16.8. The number of rotatable bonds is 12. The number of phenolic OH excluding ortho intramolecular Hbond substituents is 1. The van der Waals surface area contributed by atoms with Gasteiger partial charge in [-0.3, -0.25) is 14.5 Å². The fourth-order valence-electron chi connectivity index (χ4n) is 12.4. The molecule has 2 aromatic heterocycles. The number of terminal acetylenes is 1. The maximum atomic E-state index is 14.3. The summed E-state index contributed by atoms with van der Waals surface area (Å²) in [5.74, 6) is 4.06. The monoisotopic (exact) mass is 988 g/mol. The lowest BCUT2D eigenvalue weighted by atomic mass is 9.91. The molecule has 5 fully saturated rings. The number of nitrogens with zero attached hydrogens (tertiary/aromatic N) is 9. The zero-order valence-corrected chi connectivity index (χ0v) is 42.2. The predicted molar refractivity (Wildman–Crippen MR) is 275 cm³/mol. The number of aromatic hydroxyl groups is 1. The molecule has 1 unspecified atom stereocenters. The Labute approximate surface area is 423 Å². The number of aliphatic hydroxyl groups is 1. The van der Waals surface area contributed by atoms with E-state index in [0.717, 1.165) is 89.1 Å². The van der Waals surface area contributed by atoms with Crippen molar-refractivity contribution in [2.24, 2.45) is 11.8 Å². The first-order valence-electron chi connectivity index (χ1n) is 26.0. The summed E-state index contributed by atoms with van der Waals surface area (Å²) in [5.41, 5.74) is 3.85. The second kappa shape index (κ2) is 21.3. The number of aromatic nitrogens is 3. The van der Waals surface area contributed by atoms with Crippen molar-refractivity contribution in [3.63, 3.8) is 0 Å². The Morgan fingerprint density at radius 2 is 1.63 bits per heavy atom. The van der Waals surface area contributed by atoms with E-state index in [9.17, 15) is 19.8 Å². The lowest BCUT2D eigenvalue weighted by molar-refractivity contribution is -0.141. The number of likely N-dealkylation sites (tertiary alicyclic amines) is 3. The van der Waals surface area contributed by atoms with E-state index >= 15 is 0 Å². The molecule has 17 heteroatoms. The van der Waals surface area contributed by atoms with E-state index in [0.29, 0.717) is 57.2 Å². The van der Waals surface area contributed by atoms with Crippen molar-refractivity contribution in [3.05, 3.63) is 76.5 Å². The highest BCUT2D eigenvalue weighted by molar-refractivity contribution is 6.31. The van der Waals surface area contributed by atoms with Crippen LogP contribution in [-0.4, -0.2) is 166 Å². The summed E-state index contributed by atoms with van der Waals surface area (Å²) in [6, 6.07) is 17.0. The number of halogens is 1. The van der Waals surface area contributed by atoms with Gasteiger partial charge >= 0.3 is 0 Å². The third-order valence-electron chi connectivity index (χ3n) is 16.4. The van der Waals surface area contributed by atoms with Gasteiger partial charge in [-0.25, -0.2) is 0 Å². The topological polar surface area (TPSA) is 170 Å². The summed E-state index contributed by atoms with van der Waals surface area (Å²) < 4.78 is 5.93. The summed E-state index contributed by atoms with van der Waals surface area (Å²) in [4.78, 5) is 42.5. The molecule has 8 heterocycles. The van der Waals surface area contributed by atoms with Gasteiger partial charge in [0.25, 0.3) is 0 Å². The normalized spacial score (nSPS) is 24.0. The molecule has 5 atom stereocenters. The Morgan fingerprint density at radius 1 is 0.887 bits per heavy atom. The van der Waals surface area contributed by atoms with Crippen LogP contribution in [0.5, 0.6) is 5.75 Å². The molecule has 4 aromatic rings. The standard InChI is InChI=1S/C54H70ClN11O5/c1-5-36-10-11-42(44(55)26-36)35(4)57-53(69)47-27-41(67)33-66(47)54(70)51(34(2)3)49-29-50(60-71-49)63-20-12-37(13-21-63)31-61-18-14-38(15-19-61)62-22-16-39(17-23-62)64-24-25-65-40(32-64)30-56-52-46(65)28-45(58-59-52)43-8-6-7-9-48(43)68/h1,6-11,26,28-29,34-35,37-41,47,51,67-68H,12-25,27,30-33H2,2-4H3,(H,56,59)(H,57,69)/t35-,40+,41-,47+,51?/m1/s1. The number of fused-ring (bicyclic) bond motifs is 3. The quantitative estimate of drug-likeness (QED) is 0.126. The lowest BCUT2D eigenvalue weighted by Gasteiger charge is -2.50. The van der Waals surface area contributed by atoms with Crippen LogP contribution in [0, 0.1) is 24.2 Å². The number of carbonyl (C=O) groups is 2. The third kappa shape index (κ3) is 10.6. The van der Waals surface area contributed by atoms with Crippen molar-refractivity contribution in [2.75, 3.05) is 93.7 Å². The minimum atomic E-state index is -0.839. The van der Waals surface area contributed by atoms with Crippen LogP contribution in [0.2, 0.25) is 5.02 Å². The Hall–Kier alpha value is -5.44. The smallest absolute Gasteiger partial charge is 0.243 e. The van der Waals surface area contributed by atoms with E-state index in [4.69, 9.17) is 22.5 Å². The minimum absolute atomic E-state index is 0.0640. The number of phenols is 1. The van der Waals surface area contributed by atoms with Gasteiger partial charge < -0.3 is 49.9 Å². The zero-order valence-electron chi connectivity index (χ0n) is 41.4. The minimum Gasteiger partial charge on any atom is -0.507 e. The molecule has 5 saturated heterocycles. The number of amides is 2. The average Bonchev–Trinajstić information content (AvgIpc) is 4.03. The van der Waals surface area contributed by atoms with Gasteiger partial charge in [0.2, 0.25) is 11.8 Å². The van der Waals surface area contributed by atoms with E-state index in [2.05, 4.69) is 62.5 Å². The first-order valence-corrected chi connectivity index (χ1v) is 26.4. The molecule has 6 aliphatic heterocycles. The van der Waals surface area contributed by atoms with Gasteiger partial charge in [0.05, 0.1) is 29.6 Å². The number of para-hydroxylation sites is 1. The Morgan fingerprint density at radius 3 is 2.37 bits per heavy atom. The van der Waals surface area contributed by atoms with E-state index < -0.39 is 24.1 Å². The van der Waals surface area contributed by atoms with Gasteiger partial charge in [0.1, 0.15) is 17.7 Å². The molecule has 4 N–H and O–H groups in total. The molecule has 0 saturated carbocycles. The molecule has 2 aromatic carbocycles. The largest absolute Gasteiger partial charge is 0.507 e. The predicted octanol–water partition coefficient (Wildman–Crippen LogP) is 5.81. The van der Waals surface area contributed by atoms with Crippen LogP contribution >= 0.6 is 11.6 Å². The fraction of sp³-hybridized carbons (Fsp3) is 0.574. The van der Waals surface area contributed by atoms with E-state index in [-0.39, 0.29) is 36.4 Å². The molecule has 0 aliphatic carbocycles. The number of anilines is 3. The summed E-state index contributed by atoms with van der Waals surface area (Å²) >= 11 is 6.49. The molecule has 71 heavy (non-hydrogen) atoms. The van der Waals surface area contributed by atoms with Crippen molar-refractivity contribution < 1.29 is 24.3 Å². The van der Waals surface area contributed by atoms with E-state index in [1.807, 2.05) is 45.0 Å². The van der Waals surface area contributed by atoms with Crippen LogP contribution in [0.3, 0.4) is 0 Å². The molecule has 0 bridgehead atoms. The number of nitrogens with one attached hydrogen (secondary N) is 2. The van der Waals surface area contributed by atoms with Gasteiger partial charge in [-0.2, -0.15) is 0 Å². The lowest BCUT2D eigenvalue weighted by Crippen LogP contribution is -2.61. The van der Waals surface area contributed by atoms with Crippen molar-refractivity contribution >= 4 is 40.7 Å². The first kappa shape index (κ1) is 49.2. The highest BCUT2D eigenvalue weighted by Gasteiger charge is 2.44. The van der Waals surface area contributed by atoms with Gasteiger partial charge in [-0.1, -0.05) is 54.7 Å². The molecule has 2 amide bonds. The highest BCUT2D eigenvalue weighted by Crippen LogP contribution is 2.38. The summed E-state index contributed by atoms with van der Waals surface area (Å²) in [5, 5.41) is 41.6. The molecule has 0 spiro atoms. The van der Waals surface area contributed by atoms with E-state index in [1.54, 1.807) is 24.3 Å². The van der Waals surface area contributed by atoms with Crippen molar-refractivity contribution in [2.45, 2.75) is 108 Å². The summed E-state index contributed by atoms with van der Waals surface area (Å²) in [7, 11) is 0. The van der Waals surface area contributed by atoms with Crippen LogP contribution in [-0.2, 0) is 9.59 Å². The molecule has 6 aliphatic rings. The van der Waals surface area contributed by atoms with Crippen LogP contribution in [0.1, 0.15) is 94.6 Å². The van der Waals surface area contributed by atoms with Crippen LogP contribution < -0.4 is 20.4 Å². The van der Waals surface area contributed by atoms with Crippen molar-refractivity contribution in [3.8, 4) is 29.4 Å². The molecule has 378 valence electrons. The number of hydrogen-bond acceptors (Lipinski definition) is 14. The van der Waals surface area contributed by atoms with Gasteiger partial charge in [0.15, 0.2) is 17.4 Å². The van der Waals surface area contributed by atoms with Gasteiger partial charge in [-0.15, -0.1) is 16.6 Å². The maximum absolute atomic E-state index is 14.3. The Bertz CT molecular complexity index is 2560. The van der Waals surface area contributed by atoms with Gasteiger partial charge in [0, 0.05) is 93.1 Å². The fourth-order valence-corrected chi connectivity index (χ4v) is 12.8. The van der Waals surface area contributed by atoms with Crippen molar-refractivity contribution in [1.29, 1.82) is 0 Å². The summed E-state index contributed by atoms with van der Waals surface area (Å²) in [6.07, 6.45) is 11.9. The number of benzene rings is 2.